The summed E-state index contributed by atoms with van der Waals surface area (Å²) in [6.07, 6.45) is 0. The SMILES string of the molecule is Cc1[nH]c2ccccc2c1C(C(=O)O)N(C)C. The molecule has 0 saturated heterocycles. The fourth-order valence-electron chi connectivity index (χ4n) is 2.25. The normalized spacial score (nSPS) is 13.2. The van der Waals surface area contributed by atoms with Crippen molar-refractivity contribution in [2.75, 3.05) is 14.1 Å². The second-order valence-electron chi connectivity index (χ2n) is 4.41. The first-order valence-electron chi connectivity index (χ1n) is 5.49. The molecule has 0 fully saturated rings. The molecule has 1 atom stereocenters. The van der Waals surface area contributed by atoms with Crippen molar-refractivity contribution in [1.29, 1.82) is 0 Å². The smallest absolute Gasteiger partial charge is 0.325 e. The number of hydrogen-bond acceptors (Lipinski definition) is 2. The third-order valence-electron chi connectivity index (χ3n) is 2.97. The topological polar surface area (TPSA) is 56.3 Å². The van der Waals surface area contributed by atoms with E-state index < -0.39 is 12.0 Å². The molecular formula is C13H16N2O2. The number of aryl methyl sites for hydroxylation is 1. The first-order valence-corrected chi connectivity index (χ1v) is 5.49. The van der Waals surface area contributed by atoms with Crippen LogP contribution in [-0.2, 0) is 4.79 Å². The number of fused-ring (bicyclic) bond motifs is 1. The number of nitrogens with one attached hydrogen (secondary N) is 1. The molecule has 4 heteroatoms. The molecule has 90 valence electrons. The number of likely N-dealkylation sites (N-methyl/N-ethyl adjacent to an activating group) is 1. The third kappa shape index (κ3) is 1.91. The van der Waals surface area contributed by atoms with Gasteiger partial charge in [-0.1, -0.05) is 18.2 Å². The number of H-pyrrole nitrogens is 1. The molecule has 1 aromatic heterocycles. The van der Waals surface area contributed by atoms with Gasteiger partial charge in [0.2, 0.25) is 0 Å². The maximum absolute atomic E-state index is 11.4. The summed E-state index contributed by atoms with van der Waals surface area (Å²) in [6.45, 7) is 1.91. The Bertz CT molecular complexity index is 558. The van der Waals surface area contributed by atoms with Gasteiger partial charge in [-0.3, -0.25) is 9.69 Å². The quantitative estimate of drug-likeness (QED) is 0.852. The van der Waals surface area contributed by atoms with Crippen molar-refractivity contribution in [3.05, 3.63) is 35.5 Å². The van der Waals surface area contributed by atoms with E-state index in [2.05, 4.69) is 4.98 Å². The average molecular weight is 232 g/mol. The number of carboxylic acid groups (broad SMARTS) is 1. The highest BCUT2D eigenvalue weighted by molar-refractivity contribution is 5.90. The maximum Gasteiger partial charge on any atom is 0.325 e. The van der Waals surface area contributed by atoms with E-state index in [-0.39, 0.29) is 0 Å². The Kier molecular flexibility index (Phi) is 2.90. The molecule has 0 spiro atoms. The van der Waals surface area contributed by atoms with Crippen LogP contribution in [0.2, 0.25) is 0 Å². The van der Waals surface area contributed by atoms with E-state index in [0.29, 0.717) is 0 Å². The van der Waals surface area contributed by atoms with Crippen LogP contribution in [0.15, 0.2) is 24.3 Å². The van der Waals surface area contributed by atoms with Crippen LogP contribution in [0.1, 0.15) is 17.3 Å². The van der Waals surface area contributed by atoms with E-state index >= 15 is 0 Å². The first kappa shape index (κ1) is 11.7. The molecule has 1 heterocycles. The van der Waals surface area contributed by atoms with Gasteiger partial charge in [-0.25, -0.2) is 0 Å². The Balaban J connectivity index is 2.68. The van der Waals surface area contributed by atoms with Crippen LogP contribution >= 0.6 is 0 Å². The molecule has 0 aliphatic rings. The van der Waals surface area contributed by atoms with Crippen molar-refractivity contribution in [3.8, 4) is 0 Å². The maximum atomic E-state index is 11.4. The van der Waals surface area contributed by atoms with Crippen LogP contribution in [0.5, 0.6) is 0 Å². The summed E-state index contributed by atoms with van der Waals surface area (Å²) >= 11 is 0. The lowest BCUT2D eigenvalue weighted by Gasteiger charge is -2.20. The Morgan fingerprint density at radius 2 is 2.00 bits per heavy atom. The van der Waals surface area contributed by atoms with Gasteiger partial charge in [0.25, 0.3) is 0 Å². The van der Waals surface area contributed by atoms with Crippen LogP contribution in [0.25, 0.3) is 10.9 Å². The van der Waals surface area contributed by atoms with Gasteiger partial charge in [-0.2, -0.15) is 0 Å². The Labute approximate surface area is 99.9 Å². The van der Waals surface area contributed by atoms with Gasteiger partial charge in [-0.15, -0.1) is 0 Å². The number of aliphatic carboxylic acids is 1. The molecule has 0 aliphatic heterocycles. The highest BCUT2D eigenvalue weighted by Gasteiger charge is 2.26. The minimum absolute atomic E-state index is 0.619. The monoisotopic (exact) mass is 232 g/mol. The van der Waals surface area contributed by atoms with E-state index in [4.69, 9.17) is 0 Å². The van der Waals surface area contributed by atoms with Crippen molar-refractivity contribution >= 4 is 16.9 Å². The lowest BCUT2D eigenvalue weighted by Crippen LogP contribution is -2.27. The fourth-order valence-corrected chi connectivity index (χ4v) is 2.25. The predicted molar refractivity (Wildman–Crippen MR) is 67.1 cm³/mol. The van der Waals surface area contributed by atoms with Crippen molar-refractivity contribution in [2.45, 2.75) is 13.0 Å². The number of aromatic amines is 1. The molecule has 0 radical (unpaired) electrons. The summed E-state index contributed by atoms with van der Waals surface area (Å²) < 4.78 is 0. The minimum Gasteiger partial charge on any atom is -0.480 e. The molecule has 0 amide bonds. The molecule has 0 bridgehead atoms. The van der Waals surface area contributed by atoms with Crippen LogP contribution in [0.3, 0.4) is 0 Å². The van der Waals surface area contributed by atoms with Gasteiger partial charge in [-0.05, 0) is 27.1 Å². The number of nitrogens with zero attached hydrogens (tertiary/aromatic N) is 1. The average Bonchev–Trinajstić information content (AvgIpc) is 2.55. The lowest BCUT2D eigenvalue weighted by atomic mass is 10.0. The van der Waals surface area contributed by atoms with Crippen molar-refractivity contribution < 1.29 is 9.90 Å². The molecule has 1 unspecified atom stereocenters. The molecule has 2 aromatic rings. The summed E-state index contributed by atoms with van der Waals surface area (Å²) in [5.74, 6) is -0.831. The van der Waals surface area contributed by atoms with Gasteiger partial charge in [0.05, 0.1) is 0 Å². The van der Waals surface area contributed by atoms with E-state index in [0.717, 1.165) is 22.2 Å². The lowest BCUT2D eigenvalue weighted by molar-refractivity contribution is -0.142. The first-order chi connectivity index (χ1) is 8.02. The molecule has 4 nitrogen and oxygen atoms in total. The predicted octanol–water partition coefficient (Wildman–Crippen LogP) is 2.16. The fraction of sp³-hybridized carbons (Fsp3) is 0.308. The molecule has 0 aliphatic carbocycles. The Morgan fingerprint density at radius 1 is 1.35 bits per heavy atom. The number of aromatic nitrogens is 1. The van der Waals surface area contributed by atoms with Crippen LogP contribution in [0, 0.1) is 6.92 Å². The number of hydrogen-bond donors (Lipinski definition) is 2. The number of carbonyl (C=O) groups is 1. The van der Waals surface area contributed by atoms with E-state index in [9.17, 15) is 9.90 Å². The second kappa shape index (κ2) is 4.22. The zero-order valence-corrected chi connectivity index (χ0v) is 10.2. The van der Waals surface area contributed by atoms with Gasteiger partial charge in [0.1, 0.15) is 6.04 Å². The summed E-state index contributed by atoms with van der Waals surface area (Å²) in [5, 5.41) is 10.3. The zero-order chi connectivity index (χ0) is 12.6. The van der Waals surface area contributed by atoms with Crippen LogP contribution in [0.4, 0.5) is 0 Å². The molecule has 2 rings (SSSR count). The van der Waals surface area contributed by atoms with Gasteiger partial charge in [0.15, 0.2) is 0 Å². The Morgan fingerprint density at radius 3 is 2.59 bits per heavy atom. The summed E-state index contributed by atoms with van der Waals surface area (Å²) in [6, 6.07) is 7.15. The standard InChI is InChI=1S/C13H16N2O2/c1-8-11(12(13(16)17)15(2)3)9-6-4-5-7-10(9)14-8/h4-7,12,14H,1-3H3,(H,16,17). The number of benzene rings is 1. The molecule has 0 saturated carbocycles. The zero-order valence-electron chi connectivity index (χ0n) is 10.2. The third-order valence-corrected chi connectivity index (χ3v) is 2.97. The van der Waals surface area contributed by atoms with E-state index in [1.807, 2.05) is 31.2 Å². The van der Waals surface area contributed by atoms with Gasteiger partial charge in [0, 0.05) is 22.2 Å². The van der Waals surface area contributed by atoms with E-state index in [1.54, 1.807) is 19.0 Å². The number of para-hydroxylation sites is 1. The van der Waals surface area contributed by atoms with Gasteiger partial charge >= 0.3 is 5.97 Å². The molecule has 17 heavy (non-hydrogen) atoms. The van der Waals surface area contributed by atoms with Gasteiger partial charge < -0.3 is 10.1 Å². The highest BCUT2D eigenvalue weighted by Crippen LogP contribution is 2.30. The van der Waals surface area contributed by atoms with Crippen LogP contribution in [-0.4, -0.2) is 35.1 Å². The molecule has 1 aromatic carbocycles. The number of rotatable bonds is 3. The summed E-state index contributed by atoms with van der Waals surface area (Å²) in [4.78, 5) is 16.3. The molecule has 2 N–H and O–H groups in total. The van der Waals surface area contributed by atoms with E-state index in [1.165, 1.54) is 0 Å². The van der Waals surface area contributed by atoms with Crippen molar-refractivity contribution in [1.82, 2.24) is 9.88 Å². The summed E-state index contributed by atoms with van der Waals surface area (Å²) in [7, 11) is 3.56. The van der Waals surface area contributed by atoms with Crippen molar-refractivity contribution in [3.63, 3.8) is 0 Å². The number of carboxylic acids is 1. The highest BCUT2D eigenvalue weighted by atomic mass is 16.4. The summed E-state index contributed by atoms with van der Waals surface area (Å²) in [5.41, 5.74) is 2.73. The second-order valence-corrected chi connectivity index (χ2v) is 4.41. The largest absolute Gasteiger partial charge is 0.480 e. The minimum atomic E-state index is -0.831. The molecular weight excluding hydrogens is 216 g/mol. The Hall–Kier alpha value is -1.81. The van der Waals surface area contributed by atoms with Crippen LogP contribution < -0.4 is 0 Å². The van der Waals surface area contributed by atoms with Crippen molar-refractivity contribution in [2.24, 2.45) is 0 Å².